The van der Waals surface area contributed by atoms with Crippen LogP contribution in [0.2, 0.25) is 0 Å². The van der Waals surface area contributed by atoms with Crippen LogP contribution < -0.4 is 10.3 Å². The first-order valence-electron chi connectivity index (χ1n) is 11.8. The zero-order valence-corrected chi connectivity index (χ0v) is 20.8. The van der Waals surface area contributed by atoms with E-state index in [1.807, 2.05) is 13.8 Å². The predicted molar refractivity (Wildman–Crippen MR) is 129 cm³/mol. The second kappa shape index (κ2) is 9.84. The van der Waals surface area contributed by atoms with Gasteiger partial charge in [-0.25, -0.2) is 9.97 Å². The summed E-state index contributed by atoms with van der Waals surface area (Å²) < 4.78 is 47.2. The van der Waals surface area contributed by atoms with Gasteiger partial charge in [-0.3, -0.25) is 9.59 Å². The number of halogens is 3. The molecule has 8 nitrogen and oxygen atoms in total. The van der Waals surface area contributed by atoms with Gasteiger partial charge in [0.15, 0.2) is 11.3 Å². The third kappa shape index (κ3) is 5.28. The zero-order valence-electron chi connectivity index (χ0n) is 20.8. The second-order valence-electron chi connectivity index (χ2n) is 9.55. The highest BCUT2D eigenvalue weighted by Crippen LogP contribution is 2.36. The Morgan fingerprint density at radius 2 is 1.81 bits per heavy atom. The molecule has 1 aliphatic rings. The molecular formula is C26H26F3N5O3. The number of aryl methyl sites for hydroxylation is 1. The molecule has 3 heterocycles. The van der Waals surface area contributed by atoms with Gasteiger partial charge >= 0.3 is 6.18 Å². The molecule has 37 heavy (non-hydrogen) atoms. The number of amides is 1. The Balaban J connectivity index is 1.56. The largest absolute Gasteiger partial charge is 0.486 e. The van der Waals surface area contributed by atoms with Crippen molar-refractivity contribution in [3.63, 3.8) is 0 Å². The molecule has 1 aliphatic heterocycles. The lowest BCUT2D eigenvalue weighted by molar-refractivity contribution is -0.142. The van der Waals surface area contributed by atoms with Crippen molar-refractivity contribution in [1.82, 2.24) is 19.9 Å². The third-order valence-corrected chi connectivity index (χ3v) is 6.64. The minimum Gasteiger partial charge on any atom is -0.486 e. The number of alkyl halides is 3. The summed E-state index contributed by atoms with van der Waals surface area (Å²) in [5.74, 6) is 0.204. The third-order valence-electron chi connectivity index (χ3n) is 6.64. The van der Waals surface area contributed by atoms with Gasteiger partial charge in [-0.1, -0.05) is 13.8 Å². The number of carbonyl (C=O) groups excluding carboxylic acids is 1. The number of rotatable bonds is 4. The number of hydrogen-bond donors (Lipinski definition) is 1. The Morgan fingerprint density at radius 3 is 2.38 bits per heavy atom. The predicted octanol–water partition coefficient (Wildman–Crippen LogP) is 4.65. The molecule has 1 N–H and O–H groups in total. The lowest BCUT2D eigenvalue weighted by Gasteiger charge is -2.38. The number of carbonyl (C=O) groups is 1. The quantitative estimate of drug-likeness (QED) is 0.544. The summed E-state index contributed by atoms with van der Waals surface area (Å²) >= 11 is 0. The van der Waals surface area contributed by atoms with E-state index in [0.717, 1.165) is 6.07 Å². The lowest BCUT2D eigenvalue weighted by atomic mass is 9.80. The number of likely N-dealkylation sites (tertiary alicyclic amines) is 1. The number of aromatic nitrogens is 3. The average Bonchev–Trinajstić information content (AvgIpc) is 2.82. The number of pyridine rings is 1. The van der Waals surface area contributed by atoms with Gasteiger partial charge in [-0.15, -0.1) is 0 Å². The van der Waals surface area contributed by atoms with Crippen LogP contribution in [0.15, 0.2) is 35.1 Å². The van der Waals surface area contributed by atoms with Gasteiger partial charge in [-0.05, 0) is 56.0 Å². The number of ether oxygens (including phenoxy) is 1. The first-order valence-corrected chi connectivity index (χ1v) is 11.8. The molecule has 1 fully saturated rings. The molecule has 0 spiro atoms. The van der Waals surface area contributed by atoms with E-state index in [2.05, 4.69) is 21.0 Å². The molecule has 11 heteroatoms. The van der Waals surface area contributed by atoms with Crippen LogP contribution in [0.5, 0.6) is 5.75 Å². The van der Waals surface area contributed by atoms with E-state index >= 15 is 0 Å². The minimum atomic E-state index is -4.79. The van der Waals surface area contributed by atoms with E-state index < -0.39 is 23.5 Å². The van der Waals surface area contributed by atoms with Crippen LogP contribution in [0.3, 0.4) is 0 Å². The Hall–Kier alpha value is -3.94. The van der Waals surface area contributed by atoms with Crippen molar-refractivity contribution in [1.29, 1.82) is 5.26 Å². The van der Waals surface area contributed by atoms with Crippen molar-refractivity contribution in [3.05, 3.63) is 63.3 Å². The molecule has 1 saturated heterocycles. The summed E-state index contributed by atoms with van der Waals surface area (Å²) in [5, 5.41) is 9.27. The highest BCUT2D eigenvalue weighted by Gasteiger charge is 2.38. The molecule has 0 aliphatic carbocycles. The molecule has 1 amide bonds. The van der Waals surface area contributed by atoms with Crippen molar-refractivity contribution >= 4 is 16.9 Å². The monoisotopic (exact) mass is 513 g/mol. The van der Waals surface area contributed by atoms with E-state index in [4.69, 9.17) is 4.74 Å². The molecule has 2 aromatic heterocycles. The molecule has 0 radical (unpaired) electrons. The van der Waals surface area contributed by atoms with Gasteiger partial charge in [0.1, 0.15) is 17.7 Å². The van der Waals surface area contributed by atoms with E-state index in [-0.39, 0.29) is 51.8 Å². The molecule has 3 atom stereocenters. The second-order valence-corrected chi connectivity index (χ2v) is 9.55. The highest BCUT2D eigenvalue weighted by atomic mass is 19.4. The SMILES string of the molecule is Cc1nc2nc(C(F)(F)F)c([C@H](C)Oc3ccc(C(=O)N4CC(C)C(C#N)C(C)C4)cc3)cc2c(=O)[nH]1. The fraction of sp³-hybridized carbons (Fsp3) is 0.423. The molecule has 0 bridgehead atoms. The van der Waals surface area contributed by atoms with Gasteiger partial charge in [0.2, 0.25) is 0 Å². The number of benzene rings is 1. The Morgan fingerprint density at radius 1 is 1.19 bits per heavy atom. The Kier molecular flexibility index (Phi) is 6.95. The Labute approximate surface area is 211 Å². The number of piperidine rings is 1. The molecule has 1 aromatic carbocycles. The van der Waals surface area contributed by atoms with Crippen LogP contribution in [0.25, 0.3) is 11.0 Å². The lowest BCUT2D eigenvalue weighted by Crippen LogP contribution is -2.46. The van der Waals surface area contributed by atoms with Crippen molar-refractivity contribution in [3.8, 4) is 11.8 Å². The fourth-order valence-corrected chi connectivity index (χ4v) is 4.83. The minimum absolute atomic E-state index is 0.0471. The van der Waals surface area contributed by atoms with Gasteiger partial charge < -0.3 is 14.6 Å². The average molecular weight is 514 g/mol. The first-order chi connectivity index (χ1) is 17.4. The maximum absolute atomic E-state index is 13.8. The summed E-state index contributed by atoms with van der Waals surface area (Å²) in [4.78, 5) is 37.0. The van der Waals surface area contributed by atoms with E-state index in [0.29, 0.717) is 18.7 Å². The van der Waals surface area contributed by atoms with Crippen molar-refractivity contribution in [2.75, 3.05) is 13.1 Å². The summed E-state index contributed by atoms with van der Waals surface area (Å²) in [5.41, 5.74) is -1.97. The summed E-state index contributed by atoms with van der Waals surface area (Å²) in [6, 6.07) is 9.55. The molecule has 2 unspecified atom stereocenters. The maximum atomic E-state index is 13.8. The number of fused-ring (bicyclic) bond motifs is 1. The van der Waals surface area contributed by atoms with Gasteiger partial charge in [0, 0.05) is 24.2 Å². The highest BCUT2D eigenvalue weighted by molar-refractivity contribution is 5.94. The van der Waals surface area contributed by atoms with Crippen molar-refractivity contribution in [2.24, 2.45) is 17.8 Å². The molecular weight excluding hydrogens is 487 g/mol. The van der Waals surface area contributed by atoms with Crippen LogP contribution in [0, 0.1) is 36.0 Å². The fourth-order valence-electron chi connectivity index (χ4n) is 4.83. The number of hydrogen-bond acceptors (Lipinski definition) is 6. The number of nitriles is 1. The van der Waals surface area contributed by atoms with Crippen LogP contribution in [-0.2, 0) is 6.18 Å². The number of nitrogens with one attached hydrogen (secondary N) is 1. The molecule has 4 rings (SSSR count). The van der Waals surface area contributed by atoms with Crippen LogP contribution in [0.1, 0.15) is 54.3 Å². The summed E-state index contributed by atoms with van der Waals surface area (Å²) in [6.45, 7) is 7.72. The van der Waals surface area contributed by atoms with Gasteiger partial charge in [0.05, 0.1) is 17.4 Å². The summed E-state index contributed by atoms with van der Waals surface area (Å²) in [6.07, 6.45) is -5.90. The van der Waals surface area contributed by atoms with E-state index in [9.17, 15) is 28.0 Å². The number of H-pyrrole nitrogens is 1. The van der Waals surface area contributed by atoms with Gasteiger partial charge in [-0.2, -0.15) is 18.4 Å². The van der Waals surface area contributed by atoms with Gasteiger partial charge in [0.25, 0.3) is 11.5 Å². The zero-order chi connectivity index (χ0) is 27.1. The Bertz CT molecular complexity index is 1420. The first kappa shape index (κ1) is 26.1. The normalized spacial score (nSPS) is 20.9. The number of aromatic amines is 1. The topological polar surface area (TPSA) is 112 Å². The van der Waals surface area contributed by atoms with Crippen molar-refractivity contribution in [2.45, 2.75) is 40.0 Å². The molecule has 0 saturated carbocycles. The smallest absolute Gasteiger partial charge is 0.433 e. The molecule has 3 aromatic rings. The van der Waals surface area contributed by atoms with E-state index in [1.165, 1.54) is 26.0 Å². The van der Waals surface area contributed by atoms with Crippen LogP contribution in [-0.4, -0.2) is 38.8 Å². The number of nitrogens with zero attached hydrogens (tertiary/aromatic N) is 4. The van der Waals surface area contributed by atoms with Crippen LogP contribution >= 0.6 is 0 Å². The standard InChI is InChI=1S/C26H26F3N5O3/c1-13-11-34(12-14(2)21(13)10-30)25(36)17-5-7-18(8-6-17)37-15(3)19-9-20-23(31-16(4)32-24(20)35)33-22(19)26(27,28)29/h5-9,13-15,21H,11-12H2,1-4H3,(H,31,32,33,35)/t13?,14?,15-,21?/m0/s1. The summed E-state index contributed by atoms with van der Waals surface area (Å²) in [7, 11) is 0. The van der Waals surface area contributed by atoms with E-state index in [1.54, 1.807) is 17.0 Å². The molecule has 194 valence electrons. The van der Waals surface area contributed by atoms with Crippen molar-refractivity contribution < 1.29 is 22.7 Å². The maximum Gasteiger partial charge on any atom is 0.433 e. The van der Waals surface area contributed by atoms with Crippen LogP contribution in [0.4, 0.5) is 13.2 Å².